The van der Waals surface area contributed by atoms with E-state index in [-0.39, 0.29) is 5.48 Å². The third-order valence-electron chi connectivity index (χ3n) is 1.01. The Morgan fingerprint density at radius 2 is 1.75 bits per heavy atom. The van der Waals surface area contributed by atoms with Gasteiger partial charge in [-0.25, -0.2) is 0 Å². The molecular formula is C6H16OS. The average Bonchev–Trinajstić information content (AvgIpc) is 1.69. The predicted octanol–water partition coefficient (Wildman–Crippen LogP) is 1.67. The molecule has 0 atom stereocenters. The molecule has 0 saturated carbocycles. The van der Waals surface area contributed by atoms with Gasteiger partial charge in [0, 0.05) is 0 Å². The van der Waals surface area contributed by atoms with Crippen molar-refractivity contribution in [3.63, 3.8) is 0 Å². The molecule has 0 bridgehead atoms. The molecule has 2 heteroatoms. The minimum atomic E-state index is 0. The zero-order valence-corrected chi connectivity index (χ0v) is 6.38. The lowest BCUT2D eigenvalue weighted by Crippen LogP contribution is -1.74. The van der Waals surface area contributed by atoms with Crippen molar-refractivity contribution in [1.82, 2.24) is 0 Å². The molecule has 1 nitrogen and oxygen atoms in total. The van der Waals surface area contributed by atoms with Gasteiger partial charge < -0.3 is 5.48 Å². The van der Waals surface area contributed by atoms with Crippen molar-refractivity contribution in [2.75, 3.05) is 5.75 Å². The van der Waals surface area contributed by atoms with Gasteiger partial charge in [-0.2, -0.15) is 12.6 Å². The van der Waals surface area contributed by atoms with E-state index in [0.29, 0.717) is 0 Å². The van der Waals surface area contributed by atoms with Gasteiger partial charge in [0.1, 0.15) is 0 Å². The molecule has 0 heterocycles. The summed E-state index contributed by atoms with van der Waals surface area (Å²) in [5.74, 6) is 1.06. The monoisotopic (exact) mass is 136 g/mol. The fraction of sp³-hybridized carbons (Fsp3) is 1.00. The van der Waals surface area contributed by atoms with Crippen LogP contribution in [0.15, 0.2) is 0 Å². The maximum atomic E-state index is 4.09. The van der Waals surface area contributed by atoms with Crippen LogP contribution in [0.1, 0.15) is 32.6 Å². The lowest BCUT2D eigenvalue weighted by atomic mass is 10.2. The van der Waals surface area contributed by atoms with Crippen LogP contribution in [0.4, 0.5) is 0 Å². The standard InChI is InChI=1S/C6H14S.H2O/c1-2-3-4-5-6-7;/h7H,2-6H2,1H3;1H2. The van der Waals surface area contributed by atoms with Gasteiger partial charge >= 0.3 is 0 Å². The Kier molecular flexibility index (Phi) is 14.4. The zero-order chi connectivity index (χ0) is 5.54. The van der Waals surface area contributed by atoms with Crippen LogP contribution in [0.5, 0.6) is 0 Å². The molecule has 0 amide bonds. The smallest absolute Gasteiger partial charge is 0.00979 e. The van der Waals surface area contributed by atoms with Gasteiger partial charge in [-0.15, -0.1) is 0 Å². The first-order chi connectivity index (χ1) is 3.41. The van der Waals surface area contributed by atoms with Gasteiger partial charge in [0.25, 0.3) is 0 Å². The summed E-state index contributed by atoms with van der Waals surface area (Å²) in [4.78, 5) is 0. The molecule has 0 aromatic rings. The zero-order valence-electron chi connectivity index (χ0n) is 5.48. The van der Waals surface area contributed by atoms with Crippen molar-refractivity contribution >= 4 is 12.6 Å². The Labute approximate surface area is 57.2 Å². The highest BCUT2D eigenvalue weighted by Crippen LogP contribution is 1.98. The number of thiol groups is 1. The molecule has 0 unspecified atom stereocenters. The van der Waals surface area contributed by atoms with Crippen LogP contribution >= 0.6 is 12.6 Å². The van der Waals surface area contributed by atoms with E-state index in [0.717, 1.165) is 5.75 Å². The van der Waals surface area contributed by atoms with Gasteiger partial charge in [-0.1, -0.05) is 26.2 Å². The Morgan fingerprint density at radius 1 is 1.12 bits per heavy atom. The first kappa shape index (κ1) is 11.2. The average molecular weight is 136 g/mol. The van der Waals surface area contributed by atoms with Gasteiger partial charge in [-0.05, 0) is 12.2 Å². The van der Waals surface area contributed by atoms with Gasteiger partial charge in [-0.3, -0.25) is 0 Å². The van der Waals surface area contributed by atoms with Gasteiger partial charge in [0.15, 0.2) is 0 Å². The quantitative estimate of drug-likeness (QED) is 0.450. The fourth-order valence-corrected chi connectivity index (χ4v) is 0.762. The summed E-state index contributed by atoms with van der Waals surface area (Å²) >= 11 is 4.09. The van der Waals surface area contributed by atoms with Crippen LogP contribution in [0, 0.1) is 0 Å². The Bertz CT molecular complexity index is 27.7. The molecular weight excluding hydrogens is 120 g/mol. The molecule has 0 spiro atoms. The van der Waals surface area contributed by atoms with Crippen LogP contribution < -0.4 is 0 Å². The van der Waals surface area contributed by atoms with E-state index in [9.17, 15) is 0 Å². The Hall–Kier alpha value is 0.310. The maximum absolute atomic E-state index is 4.09. The van der Waals surface area contributed by atoms with E-state index in [1.54, 1.807) is 0 Å². The Morgan fingerprint density at radius 3 is 2.12 bits per heavy atom. The molecule has 0 aliphatic heterocycles. The number of unbranched alkanes of at least 4 members (excludes halogenated alkanes) is 3. The van der Waals surface area contributed by atoms with Crippen molar-refractivity contribution in [3.8, 4) is 0 Å². The highest BCUT2D eigenvalue weighted by atomic mass is 32.1. The van der Waals surface area contributed by atoms with Crippen LogP contribution in [0.25, 0.3) is 0 Å². The van der Waals surface area contributed by atoms with Crippen LogP contribution in [0.3, 0.4) is 0 Å². The molecule has 0 saturated heterocycles. The van der Waals surface area contributed by atoms with Crippen LogP contribution in [0.2, 0.25) is 0 Å². The highest BCUT2D eigenvalue weighted by molar-refractivity contribution is 7.80. The number of hydrogen-bond donors (Lipinski definition) is 1. The molecule has 0 aromatic carbocycles. The number of hydrogen-bond acceptors (Lipinski definition) is 1. The van der Waals surface area contributed by atoms with Crippen molar-refractivity contribution in [2.45, 2.75) is 32.6 Å². The minimum Gasteiger partial charge on any atom is -0.412 e. The Balaban J connectivity index is 0. The molecule has 52 valence electrons. The van der Waals surface area contributed by atoms with Crippen LogP contribution in [-0.4, -0.2) is 11.2 Å². The second kappa shape index (κ2) is 10.3. The topological polar surface area (TPSA) is 31.5 Å². The molecule has 0 aliphatic rings. The SMILES string of the molecule is CCCCCCS.O. The third-order valence-corrected chi connectivity index (χ3v) is 1.33. The first-order valence-corrected chi connectivity index (χ1v) is 3.66. The van der Waals surface area contributed by atoms with Crippen molar-refractivity contribution in [3.05, 3.63) is 0 Å². The van der Waals surface area contributed by atoms with E-state index in [4.69, 9.17) is 0 Å². The molecule has 0 fully saturated rings. The van der Waals surface area contributed by atoms with Gasteiger partial charge in [0.05, 0.1) is 0 Å². The largest absolute Gasteiger partial charge is 0.412 e. The third kappa shape index (κ3) is 9.58. The summed E-state index contributed by atoms with van der Waals surface area (Å²) in [5.41, 5.74) is 0. The molecule has 0 aromatic heterocycles. The summed E-state index contributed by atoms with van der Waals surface area (Å²) in [6.07, 6.45) is 5.35. The molecule has 0 rings (SSSR count). The summed E-state index contributed by atoms with van der Waals surface area (Å²) in [5, 5.41) is 0. The lowest BCUT2D eigenvalue weighted by Gasteiger charge is -1.90. The van der Waals surface area contributed by atoms with E-state index < -0.39 is 0 Å². The summed E-state index contributed by atoms with van der Waals surface area (Å²) in [6.45, 7) is 2.22. The van der Waals surface area contributed by atoms with E-state index in [2.05, 4.69) is 19.6 Å². The van der Waals surface area contributed by atoms with Crippen LogP contribution in [-0.2, 0) is 0 Å². The van der Waals surface area contributed by atoms with Crippen molar-refractivity contribution in [1.29, 1.82) is 0 Å². The van der Waals surface area contributed by atoms with E-state index in [1.165, 1.54) is 25.7 Å². The number of rotatable bonds is 4. The first-order valence-electron chi connectivity index (χ1n) is 3.02. The summed E-state index contributed by atoms with van der Waals surface area (Å²) in [6, 6.07) is 0. The maximum Gasteiger partial charge on any atom is -0.00979 e. The summed E-state index contributed by atoms with van der Waals surface area (Å²) < 4.78 is 0. The molecule has 2 N–H and O–H groups in total. The summed E-state index contributed by atoms with van der Waals surface area (Å²) in [7, 11) is 0. The van der Waals surface area contributed by atoms with E-state index >= 15 is 0 Å². The second-order valence-corrected chi connectivity index (χ2v) is 2.23. The molecule has 0 radical (unpaired) electrons. The van der Waals surface area contributed by atoms with E-state index in [1.807, 2.05) is 0 Å². The molecule has 8 heavy (non-hydrogen) atoms. The van der Waals surface area contributed by atoms with Crippen molar-refractivity contribution < 1.29 is 5.48 Å². The highest BCUT2D eigenvalue weighted by Gasteiger charge is 1.80. The normalized spacial score (nSPS) is 8.25. The lowest BCUT2D eigenvalue weighted by molar-refractivity contribution is 0.707. The predicted molar refractivity (Wildman–Crippen MR) is 41.6 cm³/mol. The minimum absolute atomic E-state index is 0. The molecule has 0 aliphatic carbocycles. The second-order valence-electron chi connectivity index (χ2n) is 1.78. The fourth-order valence-electron chi connectivity index (χ4n) is 0.539. The van der Waals surface area contributed by atoms with Crippen molar-refractivity contribution in [2.24, 2.45) is 0 Å². The van der Waals surface area contributed by atoms with Gasteiger partial charge in [0.2, 0.25) is 0 Å².